The van der Waals surface area contributed by atoms with Crippen LogP contribution in [-0.4, -0.2) is 78.1 Å². The van der Waals surface area contributed by atoms with E-state index in [9.17, 15) is 18.0 Å². The van der Waals surface area contributed by atoms with Crippen LogP contribution < -0.4 is 31.1 Å². The van der Waals surface area contributed by atoms with Crippen molar-refractivity contribution in [1.82, 2.24) is 19.9 Å². The first-order valence-corrected chi connectivity index (χ1v) is 25.8. The van der Waals surface area contributed by atoms with E-state index >= 15 is 0 Å². The second-order valence-electron chi connectivity index (χ2n) is 15.6. The highest BCUT2D eigenvalue weighted by atomic mass is 32.2. The van der Waals surface area contributed by atoms with Crippen molar-refractivity contribution in [3.05, 3.63) is 118 Å². The molecule has 2 fully saturated rings. The van der Waals surface area contributed by atoms with E-state index in [1.54, 1.807) is 36.3 Å². The minimum Gasteiger partial charge on any atom is -0.370 e. The number of aromatic nitrogens is 4. The molecule has 6 heterocycles. The van der Waals surface area contributed by atoms with Gasteiger partial charge in [-0.25, -0.2) is 37.9 Å². The number of nitrogens with zero attached hydrogens (tertiary/aromatic N) is 6. The number of hydrogen-bond donors (Lipinski definition) is 4. The molecular weight excluding hydrogens is 885 g/mol. The molecule has 336 valence electrons. The number of thiazole rings is 2. The van der Waals surface area contributed by atoms with E-state index in [4.69, 9.17) is 0 Å². The number of carbonyl (C=O) groups is 2. The number of nitrogens with one attached hydrogen (secondary N) is 4. The highest BCUT2D eigenvalue weighted by molar-refractivity contribution is 7.99. The minimum absolute atomic E-state index is 0.0647. The van der Waals surface area contributed by atoms with Crippen molar-refractivity contribution in [1.29, 1.82) is 0 Å². The topological polar surface area (TPSA) is 174 Å². The van der Waals surface area contributed by atoms with Gasteiger partial charge in [-0.3, -0.25) is 10.6 Å². The number of amides is 4. The quantitative estimate of drug-likeness (QED) is 0.0765. The van der Waals surface area contributed by atoms with Crippen LogP contribution in [0.3, 0.4) is 0 Å². The number of carbonyl (C=O) groups excluding carboxylic acids is 2. The minimum atomic E-state index is -3.47. The Labute approximate surface area is 387 Å². The van der Waals surface area contributed by atoms with E-state index in [2.05, 4.69) is 70.1 Å². The van der Waals surface area contributed by atoms with Crippen LogP contribution in [-0.2, 0) is 22.7 Å². The maximum Gasteiger partial charge on any atom is 0.325 e. The molecule has 4 N–H and O–H groups in total. The molecule has 0 unspecified atom stereocenters. The maximum absolute atomic E-state index is 12.6. The molecule has 0 radical (unpaired) electrons. The standard InChI is InChI=1S/C23H27N5O3S2.C23H27N5OS2/c1-17-8-9-19(20(15-17)28-12-5-2-6-13-28)26-22(29)27-23-25-16-18(32-23)10-14-33(30,31)21-7-3-4-11-24-21;1-17-8-9-19(20(15-17)28-12-5-2-6-13-28)26-22(29)27-23-25-16-18(31-23)10-14-30-21-7-3-4-11-24-21/h3-4,7-9,11,15-16H,2,5-6,10,12-14H2,1H3,(H2,25,26,27,29);3-4,7-9,11,15-16H,2,5-6,10,12-14H2,1H3,(H2,25,26,27,29). The summed E-state index contributed by atoms with van der Waals surface area (Å²) < 4.78 is 24.8. The average molecular weight is 939 g/mol. The summed E-state index contributed by atoms with van der Waals surface area (Å²) in [5, 5.41) is 13.7. The molecule has 18 heteroatoms. The summed E-state index contributed by atoms with van der Waals surface area (Å²) in [6.45, 7) is 8.16. The van der Waals surface area contributed by atoms with Gasteiger partial charge < -0.3 is 20.4 Å². The molecule has 2 saturated heterocycles. The third-order valence-corrected chi connectivity index (χ3v) is 15.1. The second kappa shape index (κ2) is 22.9. The van der Waals surface area contributed by atoms with Gasteiger partial charge in [0.15, 0.2) is 25.1 Å². The Morgan fingerprint density at radius 1 is 0.625 bits per heavy atom. The lowest BCUT2D eigenvalue weighted by molar-refractivity contribution is 0.261. The zero-order valence-corrected chi connectivity index (χ0v) is 39.4. The van der Waals surface area contributed by atoms with E-state index in [0.717, 1.165) is 94.3 Å². The molecule has 0 spiro atoms. The first-order chi connectivity index (χ1) is 31.1. The molecule has 4 amide bonds. The fourth-order valence-electron chi connectivity index (χ4n) is 7.31. The average Bonchev–Trinajstić information content (AvgIpc) is 3.97. The third-order valence-electron chi connectivity index (χ3n) is 10.6. The van der Waals surface area contributed by atoms with E-state index in [-0.39, 0.29) is 22.8 Å². The van der Waals surface area contributed by atoms with Crippen molar-refractivity contribution >= 4 is 89.3 Å². The van der Waals surface area contributed by atoms with Gasteiger partial charge in [0.2, 0.25) is 0 Å². The molecule has 64 heavy (non-hydrogen) atoms. The molecule has 2 aliphatic heterocycles. The van der Waals surface area contributed by atoms with Crippen LogP contribution in [0.15, 0.2) is 108 Å². The van der Waals surface area contributed by atoms with Gasteiger partial charge >= 0.3 is 12.1 Å². The molecule has 0 atom stereocenters. The summed E-state index contributed by atoms with van der Waals surface area (Å²) in [4.78, 5) is 48.7. The van der Waals surface area contributed by atoms with Crippen LogP contribution >= 0.6 is 34.4 Å². The van der Waals surface area contributed by atoms with Crippen LogP contribution in [0.2, 0.25) is 0 Å². The van der Waals surface area contributed by atoms with E-state index in [0.29, 0.717) is 16.7 Å². The first kappa shape index (κ1) is 46.4. The molecule has 4 aromatic heterocycles. The number of rotatable bonds is 14. The fourth-order valence-corrected chi connectivity index (χ4v) is 11.2. The molecule has 6 aromatic rings. The van der Waals surface area contributed by atoms with Gasteiger partial charge in [-0.2, -0.15) is 0 Å². The summed E-state index contributed by atoms with van der Waals surface area (Å²) in [7, 11) is -3.47. The van der Waals surface area contributed by atoms with Gasteiger partial charge in [-0.1, -0.05) is 24.3 Å². The number of benzene rings is 2. The molecule has 14 nitrogen and oxygen atoms in total. The highest BCUT2D eigenvalue weighted by Crippen LogP contribution is 2.32. The Morgan fingerprint density at radius 3 is 1.64 bits per heavy atom. The van der Waals surface area contributed by atoms with Gasteiger partial charge in [0.1, 0.15) is 0 Å². The molecule has 2 aliphatic rings. The van der Waals surface area contributed by atoms with E-state index in [1.807, 2.05) is 55.6 Å². The smallest absolute Gasteiger partial charge is 0.325 e. The van der Waals surface area contributed by atoms with Crippen molar-refractivity contribution in [3.8, 4) is 0 Å². The van der Waals surface area contributed by atoms with Gasteiger partial charge in [-0.05, 0) is 125 Å². The first-order valence-electron chi connectivity index (χ1n) is 21.5. The molecule has 0 bridgehead atoms. The van der Waals surface area contributed by atoms with Gasteiger partial charge in [0, 0.05) is 66.5 Å². The zero-order valence-electron chi connectivity index (χ0n) is 36.1. The number of urea groups is 2. The van der Waals surface area contributed by atoms with Crippen LogP contribution in [0.25, 0.3) is 0 Å². The summed E-state index contributed by atoms with van der Waals surface area (Å²) in [5.41, 5.74) is 6.07. The molecule has 2 aromatic carbocycles. The van der Waals surface area contributed by atoms with Crippen LogP contribution in [0.4, 0.5) is 42.6 Å². The molecule has 0 aliphatic carbocycles. The van der Waals surface area contributed by atoms with Gasteiger partial charge in [0.25, 0.3) is 0 Å². The molecule has 0 saturated carbocycles. The van der Waals surface area contributed by atoms with Crippen molar-refractivity contribution in [3.63, 3.8) is 0 Å². The lowest BCUT2D eigenvalue weighted by Crippen LogP contribution is -2.31. The number of piperidine rings is 2. The maximum atomic E-state index is 12.6. The Kier molecular flexibility index (Phi) is 16.6. The predicted octanol–water partition coefficient (Wildman–Crippen LogP) is 10.3. The Morgan fingerprint density at radius 2 is 1.14 bits per heavy atom. The SMILES string of the molecule is Cc1ccc(NC(=O)Nc2ncc(CCS(=O)(=O)c3ccccn3)s2)c(N2CCCCC2)c1.Cc1ccc(NC(=O)Nc2ncc(CCSc3ccccn3)s2)c(N2CCCCC2)c1. The molecule has 8 rings (SSSR count). The lowest BCUT2D eigenvalue weighted by Gasteiger charge is -2.30. The summed E-state index contributed by atoms with van der Waals surface area (Å²) in [5.74, 6) is 0.855. The third kappa shape index (κ3) is 13.7. The van der Waals surface area contributed by atoms with Gasteiger partial charge in [-0.15, -0.1) is 34.4 Å². The Hall–Kier alpha value is -5.56. The van der Waals surface area contributed by atoms with Crippen molar-refractivity contribution in [2.45, 2.75) is 75.3 Å². The Bertz CT molecular complexity index is 2560. The van der Waals surface area contributed by atoms with Gasteiger partial charge in [0.05, 0.1) is 33.5 Å². The number of sulfone groups is 1. The number of hydrogen-bond acceptors (Lipinski definition) is 13. The molecular formula is C46H54N10O4S4. The Balaban J connectivity index is 0.000000192. The number of anilines is 6. The van der Waals surface area contributed by atoms with Crippen molar-refractivity contribution < 1.29 is 18.0 Å². The fraction of sp³-hybridized carbons (Fsp3) is 0.348. The summed E-state index contributed by atoms with van der Waals surface area (Å²) in [6.07, 6.45) is 15.1. The predicted molar refractivity (Wildman–Crippen MR) is 263 cm³/mol. The second-order valence-corrected chi connectivity index (χ2v) is 21.0. The van der Waals surface area contributed by atoms with Crippen LogP contribution in [0.5, 0.6) is 0 Å². The number of thioether (sulfide) groups is 1. The largest absolute Gasteiger partial charge is 0.370 e. The normalized spacial score (nSPS) is 14.0. The number of pyridine rings is 2. The lowest BCUT2D eigenvalue weighted by atomic mass is 10.1. The van der Waals surface area contributed by atoms with E-state index < -0.39 is 9.84 Å². The van der Waals surface area contributed by atoms with Crippen molar-refractivity contribution in [2.75, 3.05) is 68.8 Å². The van der Waals surface area contributed by atoms with Crippen LogP contribution in [0.1, 0.15) is 59.4 Å². The van der Waals surface area contributed by atoms with E-state index in [1.165, 1.54) is 66.2 Å². The van der Waals surface area contributed by atoms with Crippen LogP contribution in [0, 0.1) is 13.8 Å². The van der Waals surface area contributed by atoms with Crippen molar-refractivity contribution in [2.24, 2.45) is 0 Å². The monoisotopic (exact) mass is 938 g/mol. The zero-order chi connectivity index (χ0) is 44.7. The highest BCUT2D eigenvalue weighted by Gasteiger charge is 2.20. The summed E-state index contributed by atoms with van der Waals surface area (Å²) in [6, 6.07) is 22.3. The summed E-state index contributed by atoms with van der Waals surface area (Å²) >= 11 is 4.50. The number of aryl methyl sites for hydroxylation is 4.